The third-order valence-corrected chi connectivity index (χ3v) is 3.70. The maximum atomic E-state index is 10.7. The van der Waals surface area contributed by atoms with Gasteiger partial charge in [-0.2, -0.15) is 0 Å². The Kier molecular flexibility index (Phi) is 2.90. The predicted molar refractivity (Wildman–Crippen MR) is 79.4 cm³/mol. The standard InChI is InChI=1S/C16H13NO4/c1-9-10(2)16-12(7-14(9)18)8-15(21-16)11-3-5-13(6-4-11)17(19)20/h3-8,18H,1-2H3. The number of nitrogens with zero attached hydrogens (tertiary/aromatic N) is 1. The second kappa shape index (κ2) is 4.63. The molecule has 0 unspecified atom stereocenters. The van der Waals surface area contributed by atoms with Crippen molar-refractivity contribution in [1.29, 1.82) is 0 Å². The van der Waals surface area contributed by atoms with Crippen LogP contribution < -0.4 is 0 Å². The second-order valence-electron chi connectivity index (χ2n) is 4.98. The van der Waals surface area contributed by atoms with Crippen LogP contribution in [0.25, 0.3) is 22.3 Å². The molecule has 3 rings (SSSR count). The summed E-state index contributed by atoms with van der Waals surface area (Å²) in [5, 5.41) is 21.3. The molecule has 0 aliphatic rings. The molecule has 0 amide bonds. The van der Waals surface area contributed by atoms with Crippen LogP contribution in [0.3, 0.4) is 0 Å². The summed E-state index contributed by atoms with van der Waals surface area (Å²) in [6, 6.07) is 9.67. The number of non-ortho nitro benzene ring substituents is 1. The van der Waals surface area contributed by atoms with E-state index in [-0.39, 0.29) is 11.4 Å². The first-order chi connectivity index (χ1) is 9.97. The molecule has 0 bridgehead atoms. The number of furan rings is 1. The lowest BCUT2D eigenvalue weighted by Crippen LogP contribution is -1.86. The van der Waals surface area contributed by atoms with E-state index in [0.717, 1.165) is 27.7 Å². The second-order valence-corrected chi connectivity index (χ2v) is 4.98. The maximum Gasteiger partial charge on any atom is 0.269 e. The van der Waals surface area contributed by atoms with Crippen LogP contribution in [0.4, 0.5) is 5.69 Å². The summed E-state index contributed by atoms with van der Waals surface area (Å²) in [6.45, 7) is 3.72. The van der Waals surface area contributed by atoms with Gasteiger partial charge in [-0.1, -0.05) is 0 Å². The summed E-state index contributed by atoms with van der Waals surface area (Å²) in [5.41, 5.74) is 3.19. The topological polar surface area (TPSA) is 76.5 Å². The van der Waals surface area contributed by atoms with Gasteiger partial charge in [0.15, 0.2) is 0 Å². The van der Waals surface area contributed by atoms with E-state index in [1.54, 1.807) is 18.2 Å². The molecule has 0 radical (unpaired) electrons. The SMILES string of the molecule is Cc1c(O)cc2cc(-c3ccc([N+](=O)[O-])cc3)oc2c1C. The van der Waals surface area contributed by atoms with Gasteiger partial charge in [-0.25, -0.2) is 0 Å². The number of nitro benzene ring substituents is 1. The van der Waals surface area contributed by atoms with Crippen molar-refractivity contribution in [3.05, 3.63) is 57.6 Å². The molecule has 0 saturated carbocycles. The van der Waals surface area contributed by atoms with Crippen molar-refractivity contribution in [3.8, 4) is 17.1 Å². The molecule has 0 aliphatic carbocycles. The zero-order valence-corrected chi connectivity index (χ0v) is 11.6. The average Bonchev–Trinajstić information content (AvgIpc) is 2.89. The van der Waals surface area contributed by atoms with Crippen molar-refractivity contribution in [2.75, 3.05) is 0 Å². The molecule has 106 valence electrons. The molecule has 5 nitrogen and oxygen atoms in total. The lowest BCUT2D eigenvalue weighted by atomic mass is 10.1. The van der Waals surface area contributed by atoms with Crippen molar-refractivity contribution in [1.82, 2.24) is 0 Å². The molecule has 0 saturated heterocycles. The third kappa shape index (κ3) is 2.12. The Morgan fingerprint density at radius 3 is 2.38 bits per heavy atom. The molecule has 0 spiro atoms. The fraction of sp³-hybridized carbons (Fsp3) is 0.125. The molecule has 3 aromatic rings. The number of nitro groups is 1. The zero-order chi connectivity index (χ0) is 15.1. The van der Waals surface area contributed by atoms with Crippen LogP contribution in [-0.2, 0) is 0 Å². The molecule has 0 atom stereocenters. The monoisotopic (exact) mass is 283 g/mol. The van der Waals surface area contributed by atoms with Crippen LogP contribution in [0.1, 0.15) is 11.1 Å². The number of aromatic hydroxyl groups is 1. The minimum Gasteiger partial charge on any atom is -0.508 e. The van der Waals surface area contributed by atoms with Crippen molar-refractivity contribution in [3.63, 3.8) is 0 Å². The van der Waals surface area contributed by atoms with E-state index < -0.39 is 4.92 Å². The van der Waals surface area contributed by atoms with E-state index in [2.05, 4.69) is 0 Å². The normalized spacial score (nSPS) is 11.0. The van der Waals surface area contributed by atoms with Crippen LogP contribution in [-0.4, -0.2) is 10.0 Å². The zero-order valence-electron chi connectivity index (χ0n) is 11.6. The van der Waals surface area contributed by atoms with E-state index in [0.29, 0.717) is 5.76 Å². The van der Waals surface area contributed by atoms with Gasteiger partial charge in [0, 0.05) is 23.1 Å². The van der Waals surface area contributed by atoms with Crippen LogP contribution in [0.5, 0.6) is 5.75 Å². The first-order valence-electron chi connectivity index (χ1n) is 6.45. The molecule has 5 heteroatoms. The molecule has 1 heterocycles. The van der Waals surface area contributed by atoms with Gasteiger partial charge < -0.3 is 9.52 Å². The highest BCUT2D eigenvalue weighted by molar-refractivity contribution is 5.87. The van der Waals surface area contributed by atoms with Gasteiger partial charge in [0.2, 0.25) is 0 Å². The van der Waals surface area contributed by atoms with Crippen molar-refractivity contribution in [2.24, 2.45) is 0 Å². The van der Waals surface area contributed by atoms with E-state index in [4.69, 9.17) is 4.42 Å². The van der Waals surface area contributed by atoms with Crippen molar-refractivity contribution < 1.29 is 14.4 Å². The highest BCUT2D eigenvalue weighted by Gasteiger charge is 2.13. The Hall–Kier alpha value is -2.82. The fourth-order valence-corrected chi connectivity index (χ4v) is 2.31. The summed E-state index contributed by atoms with van der Waals surface area (Å²) in [5.74, 6) is 0.851. The minimum absolute atomic E-state index is 0.0412. The molecular formula is C16H13NO4. The van der Waals surface area contributed by atoms with Crippen LogP contribution in [0, 0.1) is 24.0 Å². The first-order valence-corrected chi connectivity index (χ1v) is 6.45. The molecule has 1 N–H and O–H groups in total. The Morgan fingerprint density at radius 1 is 1.10 bits per heavy atom. The van der Waals surface area contributed by atoms with Gasteiger partial charge in [0.25, 0.3) is 5.69 Å². The van der Waals surface area contributed by atoms with Gasteiger partial charge in [-0.3, -0.25) is 10.1 Å². The average molecular weight is 283 g/mol. The van der Waals surface area contributed by atoms with Gasteiger partial charge >= 0.3 is 0 Å². The smallest absolute Gasteiger partial charge is 0.269 e. The summed E-state index contributed by atoms with van der Waals surface area (Å²) >= 11 is 0. The number of fused-ring (bicyclic) bond motifs is 1. The lowest BCUT2D eigenvalue weighted by molar-refractivity contribution is -0.384. The maximum absolute atomic E-state index is 10.7. The predicted octanol–water partition coefficient (Wildman–Crippen LogP) is 4.33. The van der Waals surface area contributed by atoms with E-state index in [1.165, 1.54) is 12.1 Å². The lowest BCUT2D eigenvalue weighted by Gasteiger charge is -2.02. The van der Waals surface area contributed by atoms with Gasteiger partial charge in [-0.05, 0) is 49.2 Å². The van der Waals surface area contributed by atoms with Crippen LogP contribution in [0.2, 0.25) is 0 Å². The molecule has 2 aromatic carbocycles. The highest BCUT2D eigenvalue weighted by atomic mass is 16.6. The number of hydrogen-bond acceptors (Lipinski definition) is 4. The first kappa shape index (κ1) is 13.2. The Bertz CT molecular complexity index is 847. The molecule has 0 fully saturated rings. The summed E-state index contributed by atoms with van der Waals surface area (Å²) < 4.78 is 5.84. The van der Waals surface area contributed by atoms with Gasteiger partial charge in [0.1, 0.15) is 17.1 Å². The highest BCUT2D eigenvalue weighted by Crippen LogP contribution is 2.35. The number of benzene rings is 2. The summed E-state index contributed by atoms with van der Waals surface area (Å²) in [6.07, 6.45) is 0. The largest absolute Gasteiger partial charge is 0.508 e. The van der Waals surface area contributed by atoms with Gasteiger partial charge in [-0.15, -0.1) is 0 Å². The number of rotatable bonds is 2. The third-order valence-electron chi connectivity index (χ3n) is 3.70. The number of aryl methyl sites for hydroxylation is 1. The Balaban J connectivity index is 2.13. The quantitative estimate of drug-likeness (QED) is 0.561. The van der Waals surface area contributed by atoms with Crippen molar-refractivity contribution >= 4 is 16.7 Å². The fourth-order valence-electron chi connectivity index (χ4n) is 2.31. The Morgan fingerprint density at radius 2 is 1.76 bits per heavy atom. The van der Waals surface area contributed by atoms with Crippen LogP contribution >= 0.6 is 0 Å². The Labute approximate surface area is 120 Å². The number of phenols is 1. The molecule has 1 aromatic heterocycles. The molecular weight excluding hydrogens is 270 g/mol. The molecule has 21 heavy (non-hydrogen) atoms. The van der Waals surface area contributed by atoms with Crippen molar-refractivity contribution in [2.45, 2.75) is 13.8 Å². The minimum atomic E-state index is -0.437. The summed E-state index contributed by atoms with van der Waals surface area (Å²) in [7, 11) is 0. The van der Waals surface area contributed by atoms with E-state index >= 15 is 0 Å². The van der Waals surface area contributed by atoms with Crippen LogP contribution in [0.15, 0.2) is 40.8 Å². The number of phenolic OH excluding ortho intramolecular Hbond substituents is 1. The molecule has 0 aliphatic heterocycles. The van der Waals surface area contributed by atoms with E-state index in [1.807, 2.05) is 19.9 Å². The van der Waals surface area contributed by atoms with E-state index in [9.17, 15) is 15.2 Å². The van der Waals surface area contributed by atoms with Gasteiger partial charge in [0.05, 0.1) is 4.92 Å². The summed E-state index contributed by atoms with van der Waals surface area (Å²) in [4.78, 5) is 10.2. The number of hydrogen-bond donors (Lipinski definition) is 1.